The smallest absolute Gasteiger partial charge is 0.263 e. The third-order valence-electron chi connectivity index (χ3n) is 5.45. The van der Waals surface area contributed by atoms with E-state index in [1.54, 1.807) is 74.6 Å². The Morgan fingerprint density at radius 2 is 1.80 bits per heavy atom. The van der Waals surface area contributed by atoms with Crippen LogP contribution in [-0.4, -0.2) is 58.0 Å². The second-order valence-electron chi connectivity index (χ2n) is 8.07. The minimum Gasteiger partial charge on any atom is -0.768 e. The second kappa shape index (κ2) is 9.65. The van der Waals surface area contributed by atoms with Crippen LogP contribution in [0.2, 0.25) is 0 Å². The van der Waals surface area contributed by atoms with Gasteiger partial charge in [0.25, 0.3) is 11.5 Å². The number of fused-ring (bicyclic) bond motifs is 3. The van der Waals surface area contributed by atoms with Gasteiger partial charge in [-0.25, -0.2) is 4.98 Å². The largest absolute Gasteiger partial charge is 0.768 e. The summed E-state index contributed by atoms with van der Waals surface area (Å²) in [5, 5.41) is 5.84. The maximum Gasteiger partial charge on any atom is 0.263 e. The lowest BCUT2D eigenvalue weighted by Crippen LogP contribution is -2.31. The molecule has 0 fully saturated rings. The second-order valence-corrected chi connectivity index (χ2v) is 9.02. The quantitative estimate of drug-likeness (QED) is 0.386. The summed E-state index contributed by atoms with van der Waals surface area (Å²) < 4.78 is 23.6. The van der Waals surface area contributed by atoms with Crippen molar-refractivity contribution in [3.63, 3.8) is 0 Å². The van der Waals surface area contributed by atoms with Gasteiger partial charge in [0.1, 0.15) is 11.2 Å². The predicted molar refractivity (Wildman–Crippen MR) is 133 cm³/mol. The molecule has 1 aromatic carbocycles. The lowest BCUT2D eigenvalue weighted by Gasteiger charge is -2.12. The van der Waals surface area contributed by atoms with E-state index < -0.39 is 11.1 Å². The summed E-state index contributed by atoms with van der Waals surface area (Å²) in [6.07, 6.45) is 5.32. The highest BCUT2D eigenvalue weighted by Gasteiger charge is 2.18. The van der Waals surface area contributed by atoms with E-state index in [0.717, 1.165) is 22.0 Å². The molecule has 0 aliphatic rings. The Morgan fingerprint density at radius 1 is 1.09 bits per heavy atom. The number of H-pyrrole nitrogens is 1. The predicted octanol–water partition coefficient (Wildman–Crippen LogP) is 2.44. The number of amides is 1. The SMILES string of the molecule is CN(C)C(=O)c1cc2c3cc(-c4cnn(C)c4)[nH]c3ncc2n(C)c1=O.O=S([O-])c1ccccc1. The van der Waals surface area contributed by atoms with Crippen molar-refractivity contribution in [1.29, 1.82) is 0 Å². The zero-order valence-electron chi connectivity index (χ0n) is 19.6. The van der Waals surface area contributed by atoms with E-state index in [9.17, 15) is 18.4 Å². The molecule has 1 N–H and O–H groups in total. The van der Waals surface area contributed by atoms with Gasteiger partial charge in [-0.3, -0.25) is 18.5 Å². The molecule has 0 spiro atoms. The number of nitrogens with one attached hydrogen (secondary N) is 1. The number of benzene rings is 1. The van der Waals surface area contributed by atoms with Crippen molar-refractivity contribution in [2.24, 2.45) is 14.1 Å². The van der Waals surface area contributed by atoms with Gasteiger partial charge < -0.3 is 19.0 Å². The van der Waals surface area contributed by atoms with Crippen molar-refractivity contribution in [3.8, 4) is 11.3 Å². The van der Waals surface area contributed by atoms with Crippen molar-refractivity contribution in [2.75, 3.05) is 14.1 Å². The molecule has 10 nitrogen and oxygen atoms in total. The molecule has 1 atom stereocenters. The fourth-order valence-corrected chi connectivity index (χ4v) is 4.02. The van der Waals surface area contributed by atoms with E-state index in [2.05, 4.69) is 15.1 Å². The first-order chi connectivity index (χ1) is 16.7. The summed E-state index contributed by atoms with van der Waals surface area (Å²) >= 11 is -2.08. The van der Waals surface area contributed by atoms with Crippen LogP contribution in [0.4, 0.5) is 0 Å². The number of pyridine rings is 2. The van der Waals surface area contributed by atoms with Crippen LogP contribution in [0.25, 0.3) is 33.2 Å². The summed E-state index contributed by atoms with van der Waals surface area (Å²) in [4.78, 5) is 34.4. The maximum atomic E-state index is 12.6. The molecular formula is C24H23N6O4S-. The van der Waals surface area contributed by atoms with Gasteiger partial charge in [-0.1, -0.05) is 18.2 Å². The summed E-state index contributed by atoms with van der Waals surface area (Å²) in [7, 11) is 6.77. The van der Waals surface area contributed by atoms with Crippen molar-refractivity contribution in [2.45, 2.75) is 4.90 Å². The molecule has 0 aliphatic heterocycles. The van der Waals surface area contributed by atoms with E-state index in [-0.39, 0.29) is 17.0 Å². The number of carbonyl (C=O) groups is 1. The van der Waals surface area contributed by atoms with E-state index in [1.807, 2.05) is 19.3 Å². The van der Waals surface area contributed by atoms with Gasteiger partial charge in [-0.15, -0.1) is 0 Å². The number of hydrogen-bond acceptors (Lipinski definition) is 6. The van der Waals surface area contributed by atoms with E-state index in [1.165, 1.54) is 9.47 Å². The molecule has 0 aliphatic carbocycles. The van der Waals surface area contributed by atoms with Crippen LogP contribution in [0.15, 0.2) is 70.7 Å². The van der Waals surface area contributed by atoms with Gasteiger partial charge in [0.2, 0.25) is 0 Å². The molecular weight excluding hydrogens is 468 g/mol. The highest BCUT2D eigenvalue weighted by molar-refractivity contribution is 7.79. The molecule has 4 heterocycles. The van der Waals surface area contributed by atoms with E-state index >= 15 is 0 Å². The molecule has 5 aromatic rings. The molecule has 35 heavy (non-hydrogen) atoms. The fourth-order valence-electron chi connectivity index (χ4n) is 3.64. The summed E-state index contributed by atoms with van der Waals surface area (Å²) in [5.41, 5.74) is 2.99. The molecule has 0 bridgehead atoms. The zero-order valence-corrected chi connectivity index (χ0v) is 20.4. The summed E-state index contributed by atoms with van der Waals surface area (Å²) in [5.74, 6) is -0.319. The van der Waals surface area contributed by atoms with Crippen LogP contribution in [-0.2, 0) is 25.2 Å². The van der Waals surface area contributed by atoms with Gasteiger partial charge >= 0.3 is 0 Å². The number of aromatic amines is 1. The molecule has 5 rings (SSSR count). The van der Waals surface area contributed by atoms with Crippen molar-refractivity contribution < 1.29 is 13.6 Å². The maximum absolute atomic E-state index is 12.6. The fraction of sp³-hybridized carbons (Fsp3) is 0.167. The molecule has 11 heteroatoms. The lowest BCUT2D eigenvalue weighted by molar-refractivity contribution is 0.0825. The summed E-state index contributed by atoms with van der Waals surface area (Å²) in [6.45, 7) is 0. The third kappa shape index (κ3) is 4.77. The van der Waals surface area contributed by atoms with Gasteiger partial charge in [-0.2, -0.15) is 5.10 Å². The monoisotopic (exact) mass is 491 g/mol. The van der Waals surface area contributed by atoms with Gasteiger partial charge in [-0.05, 0) is 35.3 Å². The highest BCUT2D eigenvalue weighted by atomic mass is 32.2. The minimum absolute atomic E-state index is 0.140. The number of nitrogens with zero attached hydrogens (tertiary/aromatic N) is 5. The van der Waals surface area contributed by atoms with Gasteiger partial charge in [0.05, 0.1) is 23.6 Å². The van der Waals surface area contributed by atoms with Gasteiger partial charge in [0, 0.05) is 55.6 Å². The lowest BCUT2D eigenvalue weighted by atomic mass is 10.1. The van der Waals surface area contributed by atoms with Crippen molar-refractivity contribution in [3.05, 3.63) is 77.0 Å². The van der Waals surface area contributed by atoms with Crippen molar-refractivity contribution >= 4 is 38.9 Å². The standard InChI is InChI=1S/C18H18N6O2.C6H6O2S/c1-22(2)17(25)13-5-11-12-6-14(10-7-20-23(3)9-10)21-16(12)19-8-15(11)24(4)18(13)26;7-9(8)6-4-2-1-3-5-6/h5-9H,1-4H3,(H,19,21);1-5H,(H,7,8)/p-1. The first-order valence-electron chi connectivity index (χ1n) is 10.5. The molecule has 1 amide bonds. The Labute approximate surface area is 203 Å². The van der Waals surface area contributed by atoms with E-state index in [0.29, 0.717) is 16.1 Å². The Morgan fingerprint density at radius 3 is 2.37 bits per heavy atom. The highest BCUT2D eigenvalue weighted by Crippen LogP contribution is 2.28. The molecule has 180 valence electrons. The van der Waals surface area contributed by atoms with Crippen LogP contribution in [0.3, 0.4) is 0 Å². The Bertz CT molecular complexity index is 1620. The van der Waals surface area contributed by atoms with Crippen molar-refractivity contribution in [1.82, 2.24) is 29.2 Å². The van der Waals surface area contributed by atoms with Crippen LogP contribution >= 0.6 is 0 Å². The number of carbonyl (C=O) groups excluding carboxylic acids is 1. The van der Waals surface area contributed by atoms with Crippen LogP contribution < -0.4 is 5.56 Å². The topological polar surface area (TPSA) is 129 Å². The van der Waals surface area contributed by atoms with E-state index in [4.69, 9.17) is 0 Å². The average Bonchev–Trinajstić information content (AvgIpc) is 3.48. The first kappa shape index (κ1) is 24.0. The van der Waals surface area contributed by atoms with Gasteiger partial charge in [0.15, 0.2) is 0 Å². The van der Waals surface area contributed by atoms with Crippen LogP contribution in [0.1, 0.15) is 10.4 Å². The molecule has 0 saturated heterocycles. The first-order valence-corrected chi connectivity index (χ1v) is 11.6. The molecule has 1 unspecified atom stereocenters. The normalized spacial score (nSPS) is 11.8. The van der Waals surface area contributed by atoms with Crippen LogP contribution in [0.5, 0.6) is 0 Å². The Balaban J connectivity index is 0.000000271. The number of aromatic nitrogens is 5. The minimum atomic E-state index is -2.08. The number of hydrogen-bond donors (Lipinski definition) is 1. The Hall–Kier alpha value is -4.09. The molecule has 0 radical (unpaired) electrons. The average molecular weight is 492 g/mol. The zero-order chi connectivity index (χ0) is 25.3. The summed E-state index contributed by atoms with van der Waals surface area (Å²) in [6, 6.07) is 11.9. The Kier molecular flexibility index (Phi) is 6.63. The number of aryl methyl sites for hydroxylation is 2. The molecule has 4 aromatic heterocycles. The molecule has 0 saturated carbocycles. The van der Waals surface area contributed by atoms with Crippen LogP contribution in [0, 0.1) is 0 Å². The number of rotatable bonds is 3. The third-order valence-corrected chi connectivity index (χ3v) is 6.11.